The number of carbonyl (C=O) groups is 1. The Hall–Kier alpha value is -1.58. The molecule has 1 aromatic rings. The summed E-state index contributed by atoms with van der Waals surface area (Å²) in [6.07, 6.45) is 0.0858. The maximum absolute atomic E-state index is 13.8. The third kappa shape index (κ3) is 1.93. The summed E-state index contributed by atoms with van der Waals surface area (Å²) in [5.74, 6) is -0.0287. The number of ketones is 1. The van der Waals surface area contributed by atoms with Crippen molar-refractivity contribution in [2.75, 3.05) is 13.2 Å². The number of Topliss-reactive ketones (excluding diaryl/α,β-unsaturated/α-hetero) is 1. The molecule has 0 bridgehead atoms. The van der Waals surface area contributed by atoms with Gasteiger partial charge in [-0.05, 0) is 18.6 Å². The Balaban J connectivity index is 2.38. The summed E-state index contributed by atoms with van der Waals surface area (Å²) in [4.78, 5) is 10.9. The summed E-state index contributed by atoms with van der Waals surface area (Å²) in [6, 6.07) is 3.19. The van der Waals surface area contributed by atoms with Gasteiger partial charge in [0.05, 0.1) is 0 Å². The highest BCUT2D eigenvalue weighted by Crippen LogP contribution is 2.34. The minimum atomic E-state index is -0.484. The lowest BCUT2D eigenvalue weighted by Gasteiger charge is -2.19. The molecule has 1 aromatic carbocycles. The highest BCUT2D eigenvalue weighted by atomic mass is 19.1. The first-order chi connectivity index (χ1) is 7.18. The van der Waals surface area contributed by atoms with Crippen LogP contribution in [0.25, 0.3) is 0 Å². The second kappa shape index (κ2) is 3.88. The number of halogens is 1. The molecule has 4 heteroatoms. The second-order valence-electron chi connectivity index (χ2n) is 3.44. The van der Waals surface area contributed by atoms with E-state index in [2.05, 4.69) is 0 Å². The van der Waals surface area contributed by atoms with Gasteiger partial charge in [-0.3, -0.25) is 4.79 Å². The number of hydrogen-bond donors (Lipinski definition) is 0. The molecule has 0 saturated carbocycles. The summed E-state index contributed by atoms with van der Waals surface area (Å²) in [6.45, 7) is 2.20. The first kappa shape index (κ1) is 9.96. The van der Waals surface area contributed by atoms with E-state index < -0.39 is 5.82 Å². The van der Waals surface area contributed by atoms with Gasteiger partial charge >= 0.3 is 0 Å². The molecule has 0 radical (unpaired) electrons. The van der Waals surface area contributed by atoms with E-state index in [1.807, 2.05) is 0 Å². The van der Waals surface area contributed by atoms with Gasteiger partial charge in [0.15, 0.2) is 17.3 Å². The van der Waals surface area contributed by atoms with Crippen LogP contribution >= 0.6 is 0 Å². The molecule has 1 aliphatic rings. The van der Waals surface area contributed by atoms with Crippen molar-refractivity contribution in [2.45, 2.75) is 13.3 Å². The van der Waals surface area contributed by atoms with Crippen LogP contribution in [0.5, 0.6) is 11.5 Å². The van der Waals surface area contributed by atoms with E-state index in [1.165, 1.54) is 6.92 Å². The molecule has 0 N–H and O–H groups in total. The van der Waals surface area contributed by atoms with E-state index in [4.69, 9.17) is 9.47 Å². The van der Waals surface area contributed by atoms with Gasteiger partial charge in [0, 0.05) is 6.42 Å². The summed E-state index contributed by atoms with van der Waals surface area (Å²) in [7, 11) is 0. The number of hydrogen-bond acceptors (Lipinski definition) is 3. The lowest BCUT2D eigenvalue weighted by Crippen LogP contribution is -2.17. The third-order valence-electron chi connectivity index (χ3n) is 2.17. The van der Waals surface area contributed by atoms with Gasteiger partial charge in [-0.1, -0.05) is 6.07 Å². The van der Waals surface area contributed by atoms with E-state index in [0.717, 1.165) is 0 Å². The lowest BCUT2D eigenvalue weighted by atomic mass is 10.1. The third-order valence-corrected chi connectivity index (χ3v) is 2.17. The van der Waals surface area contributed by atoms with E-state index in [9.17, 15) is 9.18 Å². The summed E-state index contributed by atoms with van der Waals surface area (Å²) in [5.41, 5.74) is 0.353. The second-order valence-corrected chi connectivity index (χ2v) is 3.44. The number of ether oxygens (including phenoxy) is 2. The van der Waals surface area contributed by atoms with Crippen molar-refractivity contribution in [3.63, 3.8) is 0 Å². The van der Waals surface area contributed by atoms with Gasteiger partial charge in [0.1, 0.15) is 19.0 Å². The molecule has 15 heavy (non-hydrogen) atoms. The maximum Gasteiger partial charge on any atom is 0.197 e. The monoisotopic (exact) mass is 210 g/mol. The number of carbonyl (C=O) groups excluding carboxylic acids is 1. The smallest absolute Gasteiger partial charge is 0.197 e. The predicted octanol–water partition coefficient (Wildman–Crippen LogP) is 1.73. The standard InChI is InChI=1S/C11H11FO3/c1-7(13)6-8-2-3-9-11(10(8)12)15-5-4-14-9/h2-3H,4-6H2,1H3. The van der Waals surface area contributed by atoms with E-state index in [0.29, 0.717) is 24.5 Å². The van der Waals surface area contributed by atoms with Crippen LogP contribution in [0, 0.1) is 5.82 Å². The van der Waals surface area contributed by atoms with Crippen LogP contribution in [0.4, 0.5) is 4.39 Å². The summed E-state index contributed by atoms with van der Waals surface area (Å²) < 4.78 is 24.1. The Morgan fingerprint density at radius 3 is 2.87 bits per heavy atom. The van der Waals surface area contributed by atoms with Crippen LogP contribution < -0.4 is 9.47 Å². The molecule has 0 aromatic heterocycles. The molecule has 0 spiro atoms. The maximum atomic E-state index is 13.8. The first-order valence-electron chi connectivity index (χ1n) is 4.75. The Morgan fingerprint density at radius 1 is 1.40 bits per heavy atom. The zero-order valence-corrected chi connectivity index (χ0v) is 8.38. The molecule has 1 heterocycles. The van der Waals surface area contributed by atoms with E-state index >= 15 is 0 Å². The minimum Gasteiger partial charge on any atom is -0.486 e. The highest BCUT2D eigenvalue weighted by Gasteiger charge is 2.19. The van der Waals surface area contributed by atoms with Crippen LogP contribution in [0.3, 0.4) is 0 Å². The van der Waals surface area contributed by atoms with Crippen LogP contribution in [0.1, 0.15) is 12.5 Å². The van der Waals surface area contributed by atoms with Gasteiger partial charge in [-0.15, -0.1) is 0 Å². The Bertz CT molecular complexity index is 401. The van der Waals surface area contributed by atoms with Crippen molar-refractivity contribution in [2.24, 2.45) is 0 Å². The molecule has 0 atom stereocenters. The normalized spacial score (nSPS) is 13.7. The first-order valence-corrected chi connectivity index (χ1v) is 4.75. The molecule has 2 rings (SSSR count). The van der Waals surface area contributed by atoms with Gasteiger partial charge in [0.2, 0.25) is 0 Å². The molecule has 3 nitrogen and oxygen atoms in total. The van der Waals surface area contributed by atoms with Gasteiger partial charge < -0.3 is 9.47 Å². The van der Waals surface area contributed by atoms with Crippen molar-refractivity contribution < 1.29 is 18.7 Å². The molecule has 0 unspecified atom stereocenters. The zero-order chi connectivity index (χ0) is 10.8. The molecule has 0 aliphatic carbocycles. The fraction of sp³-hybridized carbons (Fsp3) is 0.364. The van der Waals surface area contributed by atoms with Crippen molar-refractivity contribution in [1.82, 2.24) is 0 Å². The lowest BCUT2D eigenvalue weighted by molar-refractivity contribution is -0.116. The topological polar surface area (TPSA) is 35.5 Å². The molecular formula is C11H11FO3. The van der Waals surface area contributed by atoms with Crippen LogP contribution in [-0.2, 0) is 11.2 Å². The highest BCUT2D eigenvalue weighted by molar-refractivity contribution is 5.78. The Kier molecular flexibility index (Phi) is 2.58. The SMILES string of the molecule is CC(=O)Cc1ccc2c(c1F)OCCO2. The molecule has 0 saturated heterocycles. The largest absolute Gasteiger partial charge is 0.486 e. The summed E-state index contributed by atoms with van der Waals surface area (Å²) >= 11 is 0. The quantitative estimate of drug-likeness (QED) is 0.745. The molecular weight excluding hydrogens is 199 g/mol. The Labute approximate surface area is 86.8 Å². The van der Waals surface area contributed by atoms with Gasteiger partial charge in [-0.2, -0.15) is 0 Å². The minimum absolute atomic E-state index is 0.0782. The zero-order valence-electron chi connectivity index (χ0n) is 8.38. The molecule has 1 aliphatic heterocycles. The van der Waals surface area contributed by atoms with Gasteiger partial charge in [-0.25, -0.2) is 4.39 Å². The summed E-state index contributed by atoms with van der Waals surface area (Å²) in [5, 5.41) is 0. The van der Waals surface area contributed by atoms with Crippen LogP contribution in [-0.4, -0.2) is 19.0 Å². The van der Waals surface area contributed by atoms with Crippen molar-refractivity contribution in [3.8, 4) is 11.5 Å². The number of fused-ring (bicyclic) bond motifs is 1. The molecule has 80 valence electrons. The predicted molar refractivity (Wildman–Crippen MR) is 51.8 cm³/mol. The van der Waals surface area contributed by atoms with E-state index in [1.54, 1.807) is 12.1 Å². The molecule has 0 amide bonds. The fourth-order valence-corrected chi connectivity index (χ4v) is 1.53. The van der Waals surface area contributed by atoms with Crippen LogP contribution in [0.2, 0.25) is 0 Å². The average molecular weight is 210 g/mol. The number of benzene rings is 1. The van der Waals surface area contributed by atoms with Crippen molar-refractivity contribution in [3.05, 3.63) is 23.5 Å². The fourth-order valence-electron chi connectivity index (χ4n) is 1.53. The Morgan fingerprint density at radius 2 is 2.13 bits per heavy atom. The van der Waals surface area contributed by atoms with Crippen LogP contribution in [0.15, 0.2) is 12.1 Å². The van der Waals surface area contributed by atoms with Gasteiger partial charge in [0.25, 0.3) is 0 Å². The number of rotatable bonds is 2. The van der Waals surface area contributed by atoms with Crippen molar-refractivity contribution >= 4 is 5.78 Å². The van der Waals surface area contributed by atoms with E-state index in [-0.39, 0.29) is 18.0 Å². The molecule has 0 fully saturated rings. The van der Waals surface area contributed by atoms with Crippen molar-refractivity contribution in [1.29, 1.82) is 0 Å². The average Bonchev–Trinajstić information content (AvgIpc) is 2.22.